The van der Waals surface area contributed by atoms with Crippen molar-refractivity contribution < 1.29 is 17.9 Å². The molecule has 0 aliphatic rings. The highest BCUT2D eigenvalue weighted by molar-refractivity contribution is 7.88. The van der Waals surface area contributed by atoms with Crippen LogP contribution in [0, 0.1) is 0 Å². The van der Waals surface area contributed by atoms with Crippen LogP contribution in [0.25, 0.3) is 10.9 Å². The molecule has 1 aromatic carbocycles. The van der Waals surface area contributed by atoms with Crippen LogP contribution in [0.1, 0.15) is 12.5 Å². The van der Waals surface area contributed by atoms with Crippen LogP contribution in [0.15, 0.2) is 30.5 Å². The molecule has 2 aromatic rings. The Morgan fingerprint density at radius 3 is 2.75 bits per heavy atom. The number of nitrogens with zero attached hydrogens (tertiary/aromatic N) is 1. The quantitative estimate of drug-likeness (QED) is 0.756. The summed E-state index contributed by atoms with van der Waals surface area (Å²) in [7, 11) is -3.35. The van der Waals surface area contributed by atoms with Gasteiger partial charge in [0, 0.05) is 36.7 Å². The number of hydrogen-bond donors (Lipinski definition) is 2. The molecule has 24 heavy (non-hydrogen) atoms. The predicted molar refractivity (Wildman–Crippen MR) is 93.4 cm³/mol. The fourth-order valence-corrected chi connectivity index (χ4v) is 3.34. The van der Waals surface area contributed by atoms with Crippen LogP contribution in [-0.4, -0.2) is 56.3 Å². The zero-order valence-corrected chi connectivity index (χ0v) is 14.7. The third-order valence-corrected chi connectivity index (χ3v) is 4.98. The summed E-state index contributed by atoms with van der Waals surface area (Å²) in [5, 5.41) is 3.63. The Morgan fingerprint density at radius 1 is 1.29 bits per heavy atom. The van der Waals surface area contributed by atoms with E-state index in [1.165, 1.54) is 10.6 Å². The van der Waals surface area contributed by atoms with Gasteiger partial charge < -0.3 is 15.0 Å². The molecule has 2 rings (SSSR count). The van der Waals surface area contributed by atoms with Gasteiger partial charge in [0.05, 0.1) is 12.9 Å². The third kappa shape index (κ3) is 4.97. The molecule has 7 nitrogen and oxygen atoms in total. The number of fused-ring (bicyclic) bond motifs is 1. The number of sulfonamides is 1. The minimum absolute atomic E-state index is 0.208. The number of nitrogens with one attached hydrogen (secondary N) is 2. The molecule has 0 atom stereocenters. The summed E-state index contributed by atoms with van der Waals surface area (Å²) in [6.07, 6.45) is 3.13. The van der Waals surface area contributed by atoms with E-state index in [2.05, 4.69) is 10.3 Å². The Bertz CT molecular complexity index is 785. The Balaban J connectivity index is 1.95. The van der Waals surface area contributed by atoms with Gasteiger partial charge in [-0.2, -0.15) is 0 Å². The number of rotatable bonds is 8. The highest BCUT2D eigenvalue weighted by Crippen LogP contribution is 2.18. The number of carbonyl (C=O) groups is 1. The van der Waals surface area contributed by atoms with Crippen molar-refractivity contribution in [2.45, 2.75) is 13.3 Å². The molecule has 0 spiro atoms. The predicted octanol–water partition coefficient (Wildman–Crippen LogP) is 1.72. The van der Waals surface area contributed by atoms with Crippen molar-refractivity contribution in [3.8, 4) is 0 Å². The molecule has 0 aliphatic heterocycles. The van der Waals surface area contributed by atoms with Crippen LogP contribution in [0.4, 0.5) is 4.79 Å². The van der Waals surface area contributed by atoms with E-state index in [0.717, 1.165) is 16.5 Å². The molecule has 0 saturated heterocycles. The molecule has 0 fully saturated rings. The molecule has 1 amide bonds. The molecule has 1 heterocycles. The summed E-state index contributed by atoms with van der Waals surface area (Å²) in [6.45, 7) is 2.76. The Hall–Kier alpha value is -2.06. The highest BCUT2D eigenvalue weighted by Gasteiger charge is 2.17. The van der Waals surface area contributed by atoms with Gasteiger partial charge in [0.25, 0.3) is 0 Å². The van der Waals surface area contributed by atoms with E-state index in [1.54, 1.807) is 6.92 Å². The first-order valence-corrected chi connectivity index (χ1v) is 9.67. The van der Waals surface area contributed by atoms with Gasteiger partial charge in [-0.1, -0.05) is 18.2 Å². The van der Waals surface area contributed by atoms with Gasteiger partial charge in [-0.05, 0) is 25.0 Å². The van der Waals surface area contributed by atoms with E-state index in [9.17, 15) is 13.2 Å². The topological polar surface area (TPSA) is 91.5 Å². The van der Waals surface area contributed by atoms with Gasteiger partial charge in [-0.15, -0.1) is 0 Å². The molecule has 0 unspecified atom stereocenters. The molecule has 0 bridgehead atoms. The highest BCUT2D eigenvalue weighted by atomic mass is 32.2. The lowest BCUT2D eigenvalue weighted by Crippen LogP contribution is -2.39. The van der Waals surface area contributed by atoms with Crippen molar-refractivity contribution >= 4 is 27.0 Å². The second-order valence-corrected chi connectivity index (χ2v) is 7.40. The van der Waals surface area contributed by atoms with Crippen molar-refractivity contribution in [2.24, 2.45) is 0 Å². The average molecular weight is 353 g/mol. The Labute approximate surface area is 142 Å². The first kappa shape index (κ1) is 18.3. The zero-order valence-electron chi connectivity index (χ0n) is 13.9. The number of amides is 1. The number of para-hydroxylation sites is 1. The number of benzene rings is 1. The van der Waals surface area contributed by atoms with Gasteiger partial charge in [0.15, 0.2) is 0 Å². The SMILES string of the molecule is CCOC(=O)NCCN(CCc1c[nH]c2ccccc12)S(C)(=O)=O. The van der Waals surface area contributed by atoms with E-state index in [0.29, 0.717) is 13.0 Å². The largest absolute Gasteiger partial charge is 0.450 e. The first-order valence-electron chi connectivity index (χ1n) is 7.82. The van der Waals surface area contributed by atoms with E-state index in [1.807, 2.05) is 30.5 Å². The van der Waals surface area contributed by atoms with Crippen molar-refractivity contribution in [1.29, 1.82) is 0 Å². The van der Waals surface area contributed by atoms with Crippen LogP contribution in [0.3, 0.4) is 0 Å². The summed E-state index contributed by atoms with van der Waals surface area (Å²) >= 11 is 0. The maximum absolute atomic E-state index is 11.9. The van der Waals surface area contributed by atoms with Gasteiger partial charge >= 0.3 is 6.09 Å². The van der Waals surface area contributed by atoms with E-state index in [-0.39, 0.29) is 19.7 Å². The van der Waals surface area contributed by atoms with Gasteiger partial charge in [0.2, 0.25) is 10.0 Å². The van der Waals surface area contributed by atoms with Crippen molar-refractivity contribution in [3.05, 3.63) is 36.0 Å². The van der Waals surface area contributed by atoms with E-state index in [4.69, 9.17) is 4.74 Å². The van der Waals surface area contributed by atoms with E-state index >= 15 is 0 Å². The van der Waals surface area contributed by atoms with Gasteiger partial charge in [0.1, 0.15) is 0 Å². The fourth-order valence-electron chi connectivity index (χ4n) is 2.49. The third-order valence-electron chi connectivity index (χ3n) is 3.68. The van der Waals surface area contributed by atoms with Crippen LogP contribution < -0.4 is 5.32 Å². The molecule has 0 radical (unpaired) electrons. The number of alkyl carbamates (subject to hydrolysis) is 1. The van der Waals surface area contributed by atoms with Crippen LogP contribution >= 0.6 is 0 Å². The zero-order chi connectivity index (χ0) is 17.6. The second-order valence-electron chi connectivity index (χ2n) is 5.42. The normalized spacial score (nSPS) is 11.8. The number of aromatic nitrogens is 1. The summed E-state index contributed by atoms with van der Waals surface area (Å²) in [4.78, 5) is 14.4. The van der Waals surface area contributed by atoms with Crippen molar-refractivity contribution in [1.82, 2.24) is 14.6 Å². The Morgan fingerprint density at radius 2 is 2.04 bits per heavy atom. The molecular formula is C16H23N3O4S. The lowest BCUT2D eigenvalue weighted by Gasteiger charge is -2.20. The number of hydrogen-bond acceptors (Lipinski definition) is 4. The summed E-state index contributed by atoms with van der Waals surface area (Å²) in [6, 6.07) is 7.90. The van der Waals surface area contributed by atoms with E-state index < -0.39 is 16.1 Å². The van der Waals surface area contributed by atoms with Crippen LogP contribution in [0.5, 0.6) is 0 Å². The molecule has 0 aliphatic carbocycles. The minimum atomic E-state index is -3.35. The minimum Gasteiger partial charge on any atom is -0.450 e. The fraction of sp³-hybridized carbons (Fsp3) is 0.438. The number of H-pyrrole nitrogens is 1. The van der Waals surface area contributed by atoms with Crippen molar-refractivity contribution in [2.75, 3.05) is 32.5 Å². The summed E-state index contributed by atoms with van der Waals surface area (Å²) in [5.41, 5.74) is 2.10. The molecule has 8 heteroatoms. The molecule has 132 valence electrons. The molecule has 2 N–H and O–H groups in total. The van der Waals surface area contributed by atoms with Crippen LogP contribution in [-0.2, 0) is 21.2 Å². The lowest BCUT2D eigenvalue weighted by molar-refractivity contribution is 0.151. The number of carbonyl (C=O) groups excluding carboxylic acids is 1. The Kier molecular flexibility index (Phi) is 6.22. The first-order chi connectivity index (χ1) is 11.4. The average Bonchev–Trinajstić information content (AvgIpc) is 2.93. The van der Waals surface area contributed by atoms with Crippen LogP contribution in [0.2, 0.25) is 0 Å². The molecule has 0 saturated carbocycles. The number of ether oxygens (including phenoxy) is 1. The second kappa shape index (κ2) is 8.16. The maximum atomic E-state index is 11.9. The standard InChI is InChI=1S/C16H23N3O4S/c1-3-23-16(20)17-9-11-19(24(2,21)22)10-8-13-12-18-15-7-5-4-6-14(13)15/h4-7,12,18H,3,8-11H2,1-2H3,(H,17,20). The smallest absolute Gasteiger partial charge is 0.407 e. The molecular weight excluding hydrogens is 330 g/mol. The number of aromatic amines is 1. The molecule has 1 aromatic heterocycles. The van der Waals surface area contributed by atoms with Gasteiger partial charge in [-0.25, -0.2) is 17.5 Å². The monoisotopic (exact) mass is 353 g/mol. The maximum Gasteiger partial charge on any atom is 0.407 e. The summed E-state index contributed by atoms with van der Waals surface area (Å²) in [5.74, 6) is 0. The summed E-state index contributed by atoms with van der Waals surface area (Å²) < 4.78 is 30.0. The lowest BCUT2D eigenvalue weighted by atomic mass is 10.1. The van der Waals surface area contributed by atoms with Gasteiger partial charge in [-0.3, -0.25) is 0 Å². The van der Waals surface area contributed by atoms with Crippen molar-refractivity contribution in [3.63, 3.8) is 0 Å².